The summed E-state index contributed by atoms with van der Waals surface area (Å²) in [6.07, 6.45) is 1.27. The van der Waals surface area contributed by atoms with E-state index in [0.717, 1.165) is 12.0 Å². The van der Waals surface area contributed by atoms with Crippen molar-refractivity contribution in [2.24, 2.45) is 0 Å². The maximum atomic E-state index is 12.6. The Morgan fingerprint density at radius 1 is 1.25 bits per heavy atom. The summed E-state index contributed by atoms with van der Waals surface area (Å²) in [5.41, 5.74) is 2.79. The van der Waals surface area contributed by atoms with E-state index in [1.165, 1.54) is 5.56 Å². The van der Waals surface area contributed by atoms with E-state index < -0.39 is 0 Å². The van der Waals surface area contributed by atoms with Gasteiger partial charge in [-0.15, -0.1) is 0 Å². The molecule has 4 rings (SSSR count). The zero-order valence-corrected chi connectivity index (χ0v) is 16.4. The predicted molar refractivity (Wildman–Crippen MR) is 107 cm³/mol. The highest BCUT2D eigenvalue weighted by Crippen LogP contribution is 2.38. The summed E-state index contributed by atoms with van der Waals surface area (Å²) in [6, 6.07) is 13.3. The van der Waals surface area contributed by atoms with Crippen LogP contribution in [0.4, 0.5) is 5.69 Å². The molecule has 1 aliphatic rings. The van der Waals surface area contributed by atoms with Crippen molar-refractivity contribution in [2.75, 3.05) is 18.6 Å². The van der Waals surface area contributed by atoms with Crippen LogP contribution in [0.3, 0.4) is 0 Å². The smallest absolute Gasteiger partial charge is 0.232 e. The molecule has 0 saturated carbocycles. The second-order valence-corrected chi connectivity index (χ2v) is 7.16. The quantitative estimate of drug-likeness (QED) is 0.634. The van der Waals surface area contributed by atoms with Gasteiger partial charge in [-0.25, -0.2) is 0 Å². The molecule has 7 heteroatoms. The number of carbonyl (C=O) groups is 1. The number of amides is 1. The molecule has 1 atom stereocenters. The Bertz CT molecular complexity index is 1000. The Labute approximate surface area is 168 Å². The number of aromatic nitrogens is 2. The Morgan fingerprint density at radius 3 is 2.75 bits per heavy atom. The number of hydrogen-bond acceptors (Lipinski definition) is 5. The van der Waals surface area contributed by atoms with E-state index in [1.807, 2.05) is 12.1 Å². The molecule has 1 amide bonds. The average Bonchev–Trinajstić information content (AvgIpc) is 3.35. The van der Waals surface area contributed by atoms with Crippen molar-refractivity contribution < 1.29 is 14.1 Å². The molecule has 0 aliphatic carbocycles. The lowest BCUT2D eigenvalue weighted by Crippen LogP contribution is -2.24. The van der Waals surface area contributed by atoms with Crippen LogP contribution in [-0.4, -0.2) is 29.7 Å². The van der Waals surface area contributed by atoms with E-state index in [-0.39, 0.29) is 11.8 Å². The fraction of sp³-hybridized carbons (Fsp3) is 0.286. The largest absolute Gasteiger partial charge is 0.495 e. The van der Waals surface area contributed by atoms with Crippen LogP contribution in [0.25, 0.3) is 11.4 Å². The Balaban J connectivity index is 1.56. The lowest BCUT2D eigenvalue weighted by Gasteiger charge is -2.19. The Morgan fingerprint density at radius 2 is 2.04 bits per heavy atom. The zero-order chi connectivity index (χ0) is 19.7. The third-order valence-corrected chi connectivity index (χ3v) is 5.20. The van der Waals surface area contributed by atoms with Gasteiger partial charge in [0.05, 0.1) is 18.7 Å². The van der Waals surface area contributed by atoms with Gasteiger partial charge in [-0.1, -0.05) is 47.9 Å². The highest BCUT2D eigenvalue weighted by Gasteiger charge is 2.36. The van der Waals surface area contributed by atoms with Crippen molar-refractivity contribution in [3.63, 3.8) is 0 Å². The van der Waals surface area contributed by atoms with Crippen molar-refractivity contribution >= 4 is 23.2 Å². The molecule has 28 heavy (non-hydrogen) atoms. The van der Waals surface area contributed by atoms with Crippen LogP contribution in [0.15, 0.2) is 47.0 Å². The van der Waals surface area contributed by atoms with Crippen molar-refractivity contribution in [1.82, 2.24) is 10.1 Å². The molecular weight excluding hydrogens is 378 g/mol. The first-order valence-corrected chi connectivity index (χ1v) is 9.53. The SMILES string of the molecule is CCc1ccc(-c2noc(C3CC(=O)N(c4cc(Cl)ccc4OC)C3)n2)cc1. The van der Waals surface area contributed by atoms with E-state index in [9.17, 15) is 4.79 Å². The second-order valence-electron chi connectivity index (χ2n) is 6.73. The molecule has 6 nitrogen and oxygen atoms in total. The monoisotopic (exact) mass is 397 g/mol. The molecular formula is C21H20ClN3O3. The lowest BCUT2D eigenvalue weighted by molar-refractivity contribution is -0.117. The molecule has 1 fully saturated rings. The third kappa shape index (κ3) is 3.47. The van der Waals surface area contributed by atoms with Gasteiger partial charge in [0.25, 0.3) is 0 Å². The van der Waals surface area contributed by atoms with Gasteiger partial charge in [0, 0.05) is 23.6 Å². The number of carbonyl (C=O) groups excluding carboxylic acids is 1. The molecule has 2 heterocycles. The molecule has 0 spiro atoms. The lowest BCUT2D eigenvalue weighted by atomic mass is 10.1. The fourth-order valence-corrected chi connectivity index (χ4v) is 3.55. The second kappa shape index (κ2) is 7.64. The first kappa shape index (κ1) is 18.5. The van der Waals surface area contributed by atoms with Gasteiger partial charge in [-0.2, -0.15) is 4.98 Å². The van der Waals surface area contributed by atoms with Crippen LogP contribution in [0.2, 0.25) is 5.02 Å². The van der Waals surface area contributed by atoms with Gasteiger partial charge in [0.15, 0.2) is 0 Å². The van der Waals surface area contributed by atoms with Crippen LogP contribution in [0.5, 0.6) is 5.75 Å². The minimum Gasteiger partial charge on any atom is -0.495 e. The van der Waals surface area contributed by atoms with Gasteiger partial charge in [-0.05, 0) is 30.2 Å². The number of methoxy groups -OCH3 is 1. The van der Waals surface area contributed by atoms with E-state index >= 15 is 0 Å². The molecule has 2 aromatic carbocycles. The molecule has 1 saturated heterocycles. The highest BCUT2D eigenvalue weighted by molar-refractivity contribution is 6.31. The number of hydrogen-bond donors (Lipinski definition) is 0. The number of rotatable bonds is 5. The topological polar surface area (TPSA) is 68.5 Å². The van der Waals surface area contributed by atoms with Gasteiger partial charge in [0.1, 0.15) is 5.75 Å². The molecule has 0 radical (unpaired) electrons. The van der Waals surface area contributed by atoms with Crippen LogP contribution in [-0.2, 0) is 11.2 Å². The van der Waals surface area contributed by atoms with Crippen molar-refractivity contribution in [2.45, 2.75) is 25.7 Å². The number of aryl methyl sites for hydroxylation is 1. The summed E-state index contributed by atoms with van der Waals surface area (Å²) in [5, 5.41) is 4.64. The van der Waals surface area contributed by atoms with E-state index in [2.05, 4.69) is 29.2 Å². The van der Waals surface area contributed by atoms with E-state index in [0.29, 0.717) is 41.1 Å². The van der Waals surface area contributed by atoms with Crippen LogP contribution in [0.1, 0.15) is 30.7 Å². The van der Waals surface area contributed by atoms with Gasteiger partial charge < -0.3 is 14.2 Å². The zero-order valence-electron chi connectivity index (χ0n) is 15.7. The van der Waals surface area contributed by atoms with E-state index in [4.69, 9.17) is 20.9 Å². The summed E-state index contributed by atoms with van der Waals surface area (Å²) in [5.74, 6) is 1.39. The Hall–Kier alpha value is -2.86. The average molecular weight is 398 g/mol. The maximum Gasteiger partial charge on any atom is 0.232 e. The summed E-state index contributed by atoms with van der Waals surface area (Å²) in [6.45, 7) is 2.55. The molecule has 144 valence electrons. The maximum absolute atomic E-state index is 12.6. The number of anilines is 1. The summed E-state index contributed by atoms with van der Waals surface area (Å²) < 4.78 is 10.9. The fourth-order valence-electron chi connectivity index (χ4n) is 3.39. The van der Waals surface area contributed by atoms with Gasteiger partial charge in [-0.3, -0.25) is 4.79 Å². The van der Waals surface area contributed by atoms with Crippen LogP contribution in [0, 0.1) is 0 Å². The predicted octanol–water partition coefficient (Wildman–Crippen LogP) is 4.48. The minimum absolute atomic E-state index is 0.0300. The molecule has 1 aromatic heterocycles. The normalized spacial score (nSPS) is 16.6. The van der Waals surface area contributed by atoms with Crippen molar-refractivity contribution in [1.29, 1.82) is 0 Å². The molecule has 1 unspecified atom stereocenters. The first-order valence-electron chi connectivity index (χ1n) is 9.16. The summed E-state index contributed by atoms with van der Waals surface area (Å²) in [7, 11) is 1.57. The van der Waals surface area contributed by atoms with Gasteiger partial charge in [0.2, 0.25) is 17.6 Å². The van der Waals surface area contributed by atoms with Crippen LogP contribution >= 0.6 is 11.6 Å². The molecule has 0 N–H and O–H groups in total. The summed E-state index contributed by atoms with van der Waals surface area (Å²) >= 11 is 6.11. The number of ether oxygens (including phenoxy) is 1. The molecule has 0 bridgehead atoms. The molecule has 3 aromatic rings. The molecule has 1 aliphatic heterocycles. The van der Waals surface area contributed by atoms with Crippen molar-refractivity contribution in [3.05, 3.63) is 58.9 Å². The summed E-state index contributed by atoms with van der Waals surface area (Å²) in [4.78, 5) is 18.8. The van der Waals surface area contributed by atoms with Gasteiger partial charge >= 0.3 is 0 Å². The first-order chi connectivity index (χ1) is 13.6. The number of halogens is 1. The number of benzene rings is 2. The van der Waals surface area contributed by atoms with E-state index in [1.54, 1.807) is 30.2 Å². The highest BCUT2D eigenvalue weighted by atomic mass is 35.5. The van der Waals surface area contributed by atoms with Crippen molar-refractivity contribution in [3.8, 4) is 17.1 Å². The Kier molecular flexibility index (Phi) is 5.05. The minimum atomic E-state index is -0.174. The number of nitrogens with zero attached hydrogens (tertiary/aromatic N) is 3. The standard InChI is InChI=1S/C21H20ClN3O3/c1-3-13-4-6-14(7-5-13)20-23-21(28-24-20)15-10-19(26)25(12-15)17-11-16(22)8-9-18(17)27-2/h4-9,11,15H,3,10,12H2,1-2H3. The third-order valence-electron chi connectivity index (χ3n) is 4.97. The van der Waals surface area contributed by atoms with Crippen LogP contribution < -0.4 is 9.64 Å².